The number of unbranched alkanes of at least 4 members (excludes halogenated alkanes) is 8. The Morgan fingerprint density at radius 2 is 1.08 bits per heavy atom. The van der Waals surface area contributed by atoms with Gasteiger partial charge >= 0.3 is 11.9 Å². The summed E-state index contributed by atoms with van der Waals surface area (Å²) in [7, 11) is 0. The summed E-state index contributed by atoms with van der Waals surface area (Å²) in [6, 6.07) is 0. The van der Waals surface area contributed by atoms with Crippen LogP contribution in [-0.2, 0) is 19.1 Å². The minimum absolute atomic E-state index is 0.196. The molecule has 25 heavy (non-hydrogen) atoms. The Kier molecular flexibility index (Phi) is 12.4. The highest BCUT2D eigenvalue weighted by molar-refractivity contribution is 5.82. The molecule has 4 heteroatoms. The first-order valence-corrected chi connectivity index (χ1v) is 10.5. The van der Waals surface area contributed by atoms with Crippen LogP contribution in [-0.4, -0.2) is 25.2 Å². The maximum absolute atomic E-state index is 12.3. The molecule has 0 aliphatic heterocycles. The third kappa shape index (κ3) is 9.27. The number of carbonyl (C=O) groups is 2. The molecule has 2 unspecified atom stereocenters. The van der Waals surface area contributed by atoms with Crippen LogP contribution in [0, 0.1) is 11.8 Å². The van der Waals surface area contributed by atoms with Crippen molar-refractivity contribution < 1.29 is 19.1 Å². The van der Waals surface area contributed by atoms with Crippen molar-refractivity contribution in [1.82, 2.24) is 0 Å². The molecule has 1 aliphatic carbocycles. The Balaban J connectivity index is 2.20. The summed E-state index contributed by atoms with van der Waals surface area (Å²) in [5.41, 5.74) is 0. The second-order valence-electron chi connectivity index (χ2n) is 7.31. The van der Waals surface area contributed by atoms with Gasteiger partial charge in [0, 0.05) is 0 Å². The number of hydrogen-bond acceptors (Lipinski definition) is 4. The fraction of sp³-hybridized carbons (Fsp3) is 0.905. The topological polar surface area (TPSA) is 52.6 Å². The Labute approximate surface area is 154 Å². The van der Waals surface area contributed by atoms with Gasteiger partial charge in [-0.05, 0) is 25.7 Å². The van der Waals surface area contributed by atoms with Crippen molar-refractivity contribution in [1.29, 1.82) is 0 Å². The number of rotatable bonds is 14. The van der Waals surface area contributed by atoms with E-state index < -0.39 is 0 Å². The highest BCUT2D eigenvalue weighted by atomic mass is 16.5. The fourth-order valence-electron chi connectivity index (χ4n) is 3.50. The molecule has 0 N–H and O–H groups in total. The van der Waals surface area contributed by atoms with Gasteiger partial charge in [-0.3, -0.25) is 9.59 Å². The van der Waals surface area contributed by atoms with Gasteiger partial charge < -0.3 is 9.47 Å². The van der Waals surface area contributed by atoms with Gasteiger partial charge in [0.2, 0.25) is 0 Å². The average Bonchev–Trinajstić information content (AvgIpc) is 3.10. The molecule has 0 spiro atoms. The second-order valence-corrected chi connectivity index (χ2v) is 7.31. The molecule has 0 saturated heterocycles. The number of carbonyl (C=O) groups excluding carboxylic acids is 2. The molecule has 0 amide bonds. The monoisotopic (exact) mass is 354 g/mol. The highest BCUT2D eigenvalue weighted by Gasteiger charge is 2.39. The van der Waals surface area contributed by atoms with E-state index >= 15 is 0 Å². The smallest absolute Gasteiger partial charge is 0.309 e. The lowest BCUT2D eigenvalue weighted by atomic mass is 9.96. The number of hydrogen-bond donors (Lipinski definition) is 0. The normalized spacial score (nSPS) is 19.8. The molecular weight excluding hydrogens is 316 g/mol. The molecule has 1 fully saturated rings. The minimum atomic E-state index is -0.289. The molecule has 0 heterocycles. The van der Waals surface area contributed by atoms with Crippen LogP contribution in [0.15, 0.2) is 0 Å². The molecule has 4 nitrogen and oxygen atoms in total. The quantitative estimate of drug-likeness (QED) is 0.308. The average molecular weight is 355 g/mol. The molecule has 2 atom stereocenters. The van der Waals surface area contributed by atoms with Gasteiger partial charge in [-0.1, -0.05) is 71.6 Å². The van der Waals surface area contributed by atoms with Crippen LogP contribution < -0.4 is 0 Å². The number of ether oxygens (including phenoxy) is 2. The maximum Gasteiger partial charge on any atom is 0.309 e. The van der Waals surface area contributed by atoms with E-state index in [-0.39, 0.29) is 23.8 Å². The summed E-state index contributed by atoms with van der Waals surface area (Å²) >= 11 is 0. The molecule has 1 rings (SSSR count). The third-order valence-corrected chi connectivity index (χ3v) is 5.11. The lowest BCUT2D eigenvalue weighted by Crippen LogP contribution is -2.29. The van der Waals surface area contributed by atoms with Gasteiger partial charge in [0.25, 0.3) is 0 Å². The van der Waals surface area contributed by atoms with E-state index in [2.05, 4.69) is 13.8 Å². The largest absolute Gasteiger partial charge is 0.465 e. The molecule has 0 aromatic carbocycles. The second kappa shape index (κ2) is 14.1. The van der Waals surface area contributed by atoms with E-state index in [9.17, 15) is 9.59 Å². The number of esters is 2. The molecular formula is C21H38O4. The van der Waals surface area contributed by atoms with Crippen molar-refractivity contribution in [2.45, 2.75) is 97.3 Å². The summed E-state index contributed by atoms with van der Waals surface area (Å²) in [4.78, 5) is 24.5. The van der Waals surface area contributed by atoms with E-state index in [1.165, 1.54) is 38.5 Å². The first kappa shape index (κ1) is 22.0. The van der Waals surface area contributed by atoms with Crippen LogP contribution in [0.4, 0.5) is 0 Å². The van der Waals surface area contributed by atoms with Crippen molar-refractivity contribution in [3.05, 3.63) is 0 Å². The van der Waals surface area contributed by atoms with E-state index in [0.29, 0.717) is 13.2 Å². The molecule has 0 aromatic heterocycles. The van der Waals surface area contributed by atoms with Crippen LogP contribution in [0.2, 0.25) is 0 Å². The van der Waals surface area contributed by atoms with Gasteiger partial charge in [-0.25, -0.2) is 0 Å². The SMILES string of the molecule is CCCCCCCOC(=O)C1CCCC1C(=O)OCCCCCCC. The van der Waals surface area contributed by atoms with Crippen molar-refractivity contribution in [2.24, 2.45) is 11.8 Å². The van der Waals surface area contributed by atoms with Gasteiger partial charge in [0.1, 0.15) is 0 Å². The summed E-state index contributed by atoms with van der Waals surface area (Å²) in [5.74, 6) is -0.970. The summed E-state index contributed by atoms with van der Waals surface area (Å²) < 4.78 is 10.8. The van der Waals surface area contributed by atoms with Crippen LogP contribution in [0.25, 0.3) is 0 Å². The van der Waals surface area contributed by atoms with Crippen molar-refractivity contribution >= 4 is 11.9 Å². The molecule has 0 aromatic rings. The summed E-state index contributed by atoms with van der Waals surface area (Å²) in [6.07, 6.45) is 13.8. The summed E-state index contributed by atoms with van der Waals surface area (Å²) in [5, 5.41) is 0. The zero-order chi connectivity index (χ0) is 18.3. The van der Waals surface area contributed by atoms with Gasteiger partial charge in [-0.15, -0.1) is 0 Å². The minimum Gasteiger partial charge on any atom is -0.465 e. The maximum atomic E-state index is 12.3. The molecule has 1 saturated carbocycles. The summed E-state index contributed by atoms with van der Waals surface area (Å²) in [6.45, 7) is 5.34. The molecule has 0 bridgehead atoms. The van der Waals surface area contributed by atoms with E-state index in [0.717, 1.165) is 44.9 Å². The predicted molar refractivity (Wildman–Crippen MR) is 100 cm³/mol. The van der Waals surface area contributed by atoms with Crippen LogP contribution in [0.5, 0.6) is 0 Å². The highest BCUT2D eigenvalue weighted by Crippen LogP contribution is 2.33. The van der Waals surface area contributed by atoms with Crippen LogP contribution >= 0.6 is 0 Å². The predicted octanol–water partition coefficient (Wildman–Crippen LogP) is 5.43. The standard InChI is InChI=1S/C21H38O4/c1-3-5-7-9-11-16-24-20(22)18-14-13-15-19(18)21(23)25-17-12-10-8-6-4-2/h18-19H,3-17H2,1-2H3. The van der Waals surface area contributed by atoms with E-state index in [4.69, 9.17) is 9.47 Å². The van der Waals surface area contributed by atoms with Gasteiger partial charge in [0.05, 0.1) is 25.0 Å². The van der Waals surface area contributed by atoms with Crippen LogP contribution in [0.3, 0.4) is 0 Å². The first-order valence-electron chi connectivity index (χ1n) is 10.5. The Morgan fingerprint density at radius 3 is 1.48 bits per heavy atom. The van der Waals surface area contributed by atoms with Crippen LogP contribution in [0.1, 0.15) is 97.3 Å². The Bertz CT molecular complexity index is 333. The van der Waals surface area contributed by atoms with E-state index in [1.807, 2.05) is 0 Å². The lowest BCUT2D eigenvalue weighted by molar-refractivity contribution is -0.159. The lowest BCUT2D eigenvalue weighted by Gasteiger charge is -2.17. The van der Waals surface area contributed by atoms with Gasteiger partial charge in [-0.2, -0.15) is 0 Å². The zero-order valence-electron chi connectivity index (χ0n) is 16.4. The van der Waals surface area contributed by atoms with Gasteiger partial charge in [0.15, 0.2) is 0 Å². The Morgan fingerprint density at radius 1 is 0.680 bits per heavy atom. The van der Waals surface area contributed by atoms with Crippen molar-refractivity contribution in [3.8, 4) is 0 Å². The zero-order valence-corrected chi connectivity index (χ0v) is 16.4. The molecule has 146 valence electrons. The van der Waals surface area contributed by atoms with Crippen molar-refractivity contribution in [3.63, 3.8) is 0 Å². The Hall–Kier alpha value is -1.06. The van der Waals surface area contributed by atoms with E-state index in [1.54, 1.807) is 0 Å². The third-order valence-electron chi connectivity index (χ3n) is 5.11. The first-order chi connectivity index (χ1) is 12.2. The molecule has 0 radical (unpaired) electrons. The fourth-order valence-corrected chi connectivity index (χ4v) is 3.50. The molecule has 1 aliphatic rings. The van der Waals surface area contributed by atoms with Crippen molar-refractivity contribution in [2.75, 3.05) is 13.2 Å².